The number of hydrogen-bond acceptors (Lipinski definition) is 4. The average molecular weight is 249 g/mol. The van der Waals surface area contributed by atoms with Gasteiger partial charge in [0.1, 0.15) is 5.82 Å². The van der Waals surface area contributed by atoms with E-state index in [0.717, 1.165) is 0 Å². The van der Waals surface area contributed by atoms with Gasteiger partial charge in [-0.05, 0) is 25.1 Å². The molecule has 94 valence electrons. The van der Waals surface area contributed by atoms with Crippen molar-refractivity contribution in [3.63, 3.8) is 0 Å². The number of carbonyl (C=O) groups is 1. The molecule has 1 aromatic heterocycles. The highest BCUT2D eigenvalue weighted by Crippen LogP contribution is 2.18. The Morgan fingerprint density at radius 2 is 2.33 bits per heavy atom. The van der Waals surface area contributed by atoms with Crippen molar-refractivity contribution in [2.45, 2.75) is 6.92 Å². The zero-order valence-electron chi connectivity index (χ0n) is 9.76. The summed E-state index contributed by atoms with van der Waals surface area (Å²) in [5.41, 5.74) is 6.75. The van der Waals surface area contributed by atoms with Crippen molar-refractivity contribution in [2.24, 2.45) is 0 Å². The summed E-state index contributed by atoms with van der Waals surface area (Å²) >= 11 is 0. The number of nitrogens with two attached hydrogens (primary N) is 1. The van der Waals surface area contributed by atoms with Crippen molar-refractivity contribution in [3.8, 4) is 5.69 Å². The van der Waals surface area contributed by atoms with E-state index in [1.54, 1.807) is 6.92 Å². The second-order valence-corrected chi connectivity index (χ2v) is 3.60. The van der Waals surface area contributed by atoms with E-state index in [9.17, 15) is 9.18 Å². The van der Waals surface area contributed by atoms with Crippen LogP contribution in [0.3, 0.4) is 0 Å². The first-order chi connectivity index (χ1) is 8.61. The van der Waals surface area contributed by atoms with Crippen molar-refractivity contribution in [2.75, 3.05) is 12.3 Å². The lowest BCUT2D eigenvalue weighted by atomic mass is 10.2. The van der Waals surface area contributed by atoms with Crippen LogP contribution in [0.4, 0.5) is 10.1 Å². The van der Waals surface area contributed by atoms with E-state index in [1.807, 2.05) is 0 Å². The van der Waals surface area contributed by atoms with Gasteiger partial charge in [0, 0.05) is 6.20 Å². The number of esters is 1. The first-order valence-electron chi connectivity index (χ1n) is 5.39. The third-order valence-electron chi connectivity index (χ3n) is 2.33. The molecule has 0 fully saturated rings. The maximum Gasteiger partial charge on any atom is 0.341 e. The van der Waals surface area contributed by atoms with Gasteiger partial charge in [0.25, 0.3) is 0 Å². The van der Waals surface area contributed by atoms with Crippen molar-refractivity contribution in [1.29, 1.82) is 0 Å². The smallest absolute Gasteiger partial charge is 0.341 e. The van der Waals surface area contributed by atoms with Crippen LogP contribution in [0, 0.1) is 5.82 Å². The third-order valence-corrected chi connectivity index (χ3v) is 2.33. The van der Waals surface area contributed by atoms with E-state index in [4.69, 9.17) is 10.5 Å². The summed E-state index contributed by atoms with van der Waals surface area (Å²) in [6.07, 6.45) is 2.86. The number of nitrogens with zero attached hydrogens (tertiary/aromatic N) is 2. The second kappa shape index (κ2) is 4.87. The number of ether oxygens (including phenoxy) is 1. The monoisotopic (exact) mass is 249 g/mol. The summed E-state index contributed by atoms with van der Waals surface area (Å²) in [7, 11) is 0. The molecule has 0 spiro atoms. The number of aromatic nitrogens is 2. The summed E-state index contributed by atoms with van der Waals surface area (Å²) in [5, 5.41) is 3.99. The SMILES string of the molecule is CCOC(=O)c1cnn(-c2ccc(F)cc2N)c1. The van der Waals surface area contributed by atoms with Crippen LogP contribution >= 0.6 is 0 Å². The minimum Gasteiger partial charge on any atom is -0.462 e. The van der Waals surface area contributed by atoms with E-state index < -0.39 is 11.8 Å². The highest BCUT2D eigenvalue weighted by atomic mass is 19.1. The van der Waals surface area contributed by atoms with Gasteiger partial charge >= 0.3 is 5.97 Å². The normalized spacial score (nSPS) is 10.3. The molecule has 0 amide bonds. The van der Waals surface area contributed by atoms with E-state index >= 15 is 0 Å². The lowest BCUT2D eigenvalue weighted by Gasteiger charge is -2.04. The number of benzene rings is 1. The van der Waals surface area contributed by atoms with Crippen LogP contribution < -0.4 is 5.73 Å². The molecule has 2 aromatic rings. The van der Waals surface area contributed by atoms with Gasteiger partial charge in [0.05, 0.1) is 29.7 Å². The average Bonchev–Trinajstić information content (AvgIpc) is 2.78. The molecule has 0 bridgehead atoms. The van der Waals surface area contributed by atoms with Gasteiger partial charge in [0.2, 0.25) is 0 Å². The van der Waals surface area contributed by atoms with Crippen LogP contribution in [-0.4, -0.2) is 22.4 Å². The Labute approximate surface area is 103 Å². The highest BCUT2D eigenvalue weighted by molar-refractivity contribution is 5.88. The first-order valence-corrected chi connectivity index (χ1v) is 5.39. The number of carbonyl (C=O) groups excluding carboxylic acids is 1. The van der Waals surface area contributed by atoms with Crippen LogP contribution in [0.15, 0.2) is 30.6 Å². The van der Waals surface area contributed by atoms with Gasteiger partial charge in [-0.1, -0.05) is 0 Å². The lowest BCUT2D eigenvalue weighted by molar-refractivity contribution is 0.0526. The number of hydrogen-bond donors (Lipinski definition) is 1. The maximum absolute atomic E-state index is 12.9. The van der Waals surface area contributed by atoms with Crippen LogP contribution in [0.25, 0.3) is 5.69 Å². The Morgan fingerprint density at radius 3 is 3.00 bits per heavy atom. The van der Waals surface area contributed by atoms with Crippen molar-refractivity contribution in [3.05, 3.63) is 42.0 Å². The van der Waals surface area contributed by atoms with Gasteiger partial charge in [-0.15, -0.1) is 0 Å². The van der Waals surface area contributed by atoms with E-state index in [2.05, 4.69) is 5.10 Å². The minimum absolute atomic E-state index is 0.244. The molecule has 0 saturated carbocycles. The molecule has 0 aliphatic heterocycles. The second-order valence-electron chi connectivity index (χ2n) is 3.60. The topological polar surface area (TPSA) is 70.1 Å². The number of anilines is 1. The van der Waals surface area contributed by atoms with E-state index in [1.165, 1.54) is 35.3 Å². The Bertz CT molecular complexity index is 580. The molecular weight excluding hydrogens is 237 g/mol. The van der Waals surface area contributed by atoms with Gasteiger partial charge in [0.15, 0.2) is 0 Å². The maximum atomic E-state index is 12.9. The summed E-state index contributed by atoms with van der Waals surface area (Å²) in [4.78, 5) is 11.5. The lowest BCUT2D eigenvalue weighted by Crippen LogP contribution is -2.04. The molecule has 1 heterocycles. The quantitative estimate of drug-likeness (QED) is 0.664. The molecule has 5 nitrogen and oxygen atoms in total. The number of nitrogen functional groups attached to an aromatic ring is 1. The van der Waals surface area contributed by atoms with Gasteiger partial charge in [-0.25, -0.2) is 13.9 Å². The molecule has 18 heavy (non-hydrogen) atoms. The molecule has 0 unspecified atom stereocenters. The van der Waals surface area contributed by atoms with Gasteiger partial charge in [-0.3, -0.25) is 0 Å². The Kier molecular flexibility index (Phi) is 3.27. The Balaban J connectivity index is 2.32. The Hall–Kier alpha value is -2.37. The molecular formula is C12H12FN3O2. The third kappa shape index (κ3) is 2.32. The summed E-state index contributed by atoms with van der Waals surface area (Å²) in [6.45, 7) is 2.02. The zero-order valence-corrected chi connectivity index (χ0v) is 9.76. The molecule has 1 aromatic carbocycles. The van der Waals surface area contributed by atoms with Crippen molar-refractivity contribution >= 4 is 11.7 Å². The van der Waals surface area contributed by atoms with Crippen LogP contribution in [0.2, 0.25) is 0 Å². The van der Waals surface area contributed by atoms with Crippen molar-refractivity contribution < 1.29 is 13.9 Å². The molecule has 2 N–H and O–H groups in total. The molecule has 0 aliphatic carbocycles. The van der Waals surface area contributed by atoms with Crippen LogP contribution in [0.5, 0.6) is 0 Å². The molecule has 6 heteroatoms. The van der Waals surface area contributed by atoms with Gasteiger partial charge in [-0.2, -0.15) is 5.10 Å². The largest absolute Gasteiger partial charge is 0.462 e. The standard InChI is InChI=1S/C12H12FN3O2/c1-2-18-12(17)8-6-15-16(7-8)11-4-3-9(13)5-10(11)14/h3-7H,2,14H2,1H3. The minimum atomic E-state index is -0.454. The molecule has 0 atom stereocenters. The molecule has 2 rings (SSSR count). The van der Waals surface area contributed by atoms with E-state index in [0.29, 0.717) is 17.9 Å². The van der Waals surface area contributed by atoms with E-state index in [-0.39, 0.29) is 5.69 Å². The van der Waals surface area contributed by atoms with Crippen LogP contribution in [-0.2, 0) is 4.74 Å². The molecule has 0 radical (unpaired) electrons. The number of halogens is 1. The fourth-order valence-corrected chi connectivity index (χ4v) is 1.51. The summed E-state index contributed by atoms with van der Waals surface area (Å²) < 4.78 is 19.2. The number of rotatable bonds is 3. The fourth-order valence-electron chi connectivity index (χ4n) is 1.51. The van der Waals surface area contributed by atoms with Gasteiger partial charge < -0.3 is 10.5 Å². The summed E-state index contributed by atoms with van der Waals surface area (Å²) in [6, 6.07) is 3.96. The fraction of sp³-hybridized carbons (Fsp3) is 0.167. The van der Waals surface area contributed by atoms with Crippen molar-refractivity contribution in [1.82, 2.24) is 9.78 Å². The molecule has 0 aliphatic rings. The Morgan fingerprint density at radius 1 is 1.56 bits per heavy atom. The predicted molar refractivity (Wildman–Crippen MR) is 63.9 cm³/mol. The summed E-state index contributed by atoms with van der Waals surface area (Å²) in [5.74, 6) is -0.876. The predicted octanol–water partition coefficient (Wildman–Crippen LogP) is 1.77. The molecule has 0 saturated heterocycles. The zero-order chi connectivity index (χ0) is 13.1. The first kappa shape index (κ1) is 12.1. The highest BCUT2D eigenvalue weighted by Gasteiger charge is 2.11. The van der Waals surface area contributed by atoms with Crippen LogP contribution in [0.1, 0.15) is 17.3 Å².